The van der Waals surface area contributed by atoms with E-state index in [4.69, 9.17) is 11.6 Å². The van der Waals surface area contributed by atoms with Crippen molar-refractivity contribution in [1.29, 1.82) is 0 Å². The second kappa shape index (κ2) is 5.49. The molecule has 3 nitrogen and oxygen atoms in total. The Morgan fingerprint density at radius 1 is 1.30 bits per heavy atom. The fraction of sp³-hybridized carbons (Fsp3) is 0.600. The van der Waals surface area contributed by atoms with Crippen molar-refractivity contribution in [2.24, 2.45) is 5.92 Å². The number of nitrogens with zero attached hydrogens (tertiary/aromatic N) is 3. The first kappa shape index (κ1) is 14.1. The van der Waals surface area contributed by atoms with Gasteiger partial charge >= 0.3 is 0 Å². The molecular formula is C15H20ClN3S. The van der Waals surface area contributed by atoms with Crippen LogP contribution in [0.2, 0.25) is 0 Å². The summed E-state index contributed by atoms with van der Waals surface area (Å²) in [6, 6.07) is 0. The summed E-state index contributed by atoms with van der Waals surface area (Å²) in [5.41, 5.74) is 1.33. The zero-order valence-corrected chi connectivity index (χ0v) is 13.8. The van der Waals surface area contributed by atoms with Crippen LogP contribution in [0.1, 0.15) is 30.2 Å². The van der Waals surface area contributed by atoms with Gasteiger partial charge in [0.25, 0.3) is 0 Å². The van der Waals surface area contributed by atoms with Crippen molar-refractivity contribution in [3.63, 3.8) is 0 Å². The van der Waals surface area contributed by atoms with Crippen LogP contribution in [-0.4, -0.2) is 28.4 Å². The third-order valence-electron chi connectivity index (χ3n) is 4.43. The number of rotatable bonds is 2. The summed E-state index contributed by atoms with van der Waals surface area (Å²) >= 11 is 7.99. The van der Waals surface area contributed by atoms with E-state index in [9.17, 15) is 0 Å². The van der Waals surface area contributed by atoms with Gasteiger partial charge < -0.3 is 4.90 Å². The van der Waals surface area contributed by atoms with E-state index in [1.54, 1.807) is 17.7 Å². The van der Waals surface area contributed by atoms with E-state index in [0.717, 1.165) is 36.6 Å². The van der Waals surface area contributed by atoms with Crippen LogP contribution in [0.5, 0.6) is 0 Å². The van der Waals surface area contributed by atoms with Gasteiger partial charge in [0.1, 0.15) is 17.0 Å². The second-order valence-electron chi connectivity index (χ2n) is 5.66. The van der Waals surface area contributed by atoms with Crippen LogP contribution in [0.25, 0.3) is 10.2 Å². The number of anilines is 1. The number of fused-ring (bicyclic) bond motifs is 1. The monoisotopic (exact) mass is 309 g/mol. The third kappa shape index (κ3) is 2.40. The largest absolute Gasteiger partial charge is 0.356 e. The molecule has 0 aromatic carbocycles. The maximum Gasteiger partial charge on any atom is 0.141 e. The van der Waals surface area contributed by atoms with Crippen molar-refractivity contribution >= 4 is 39.0 Å². The first-order valence-corrected chi connectivity index (χ1v) is 8.43. The standard InChI is InChI=1S/C15H20ClN3S/c1-9-11(3)20-15-13(9)14(17-8-18-15)19-6-4-12(5-7-19)10(2)16/h8,10,12H,4-7H2,1-3H3. The zero-order valence-electron chi connectivity index (χ0n) is 12.2. The lowest BCUT2D eigenvalue weighted by molar-refractivity contribution is 0.399. The van der Waals surface area contributed by atoms with Gasteiger partial charge in [-0.15, -0.1) is 22.9 Å². The molecule has 0 radical (unpaired) electrons. The van der Waals surface area contributed by atoms with Gasteiger partial charge in [-0.05, 0) is 45.1 Å². The fourth-order valence-electron chi connectivity index (χ4n) is 2.97. The van der Waals surface area contributed by atoms with E-state index < -0.39 is 0 Å². The van der Waals surface area contributed by atoms with Crippen molar-refractivity contribution < 1.29 is 0 Å². The Bertz CT molecular complexity index is 615. The van der Waals surface area contributed by atoms with Gasteiger partial charge in [0.05, 0.1) is 5.39 Å². The summed E-state index contributed by atoms with van der Waals surface area (Å²) in [5.74, 6) is 1.74. The van der Waals surface area contributed by atoms with E-state index in [2.05, 4.69) is 35.6 Å². The van der Waals surface area contributed by atoms with Crippen LogP contribution >= 0.6 is 22.9 Å². The number of aryl methyl sites for hydroxylation is 2. The highest BCUT2D eigenvalue weighted by molar-refractivity contribution is 7.18. The molecule has 1 atom stereocenters. The van der Waals surface area contributed by atoms with Gasteiger partial charge in [-0.1, -0.05) is 0 Å². The zero-order chi connectivity index (χ0) is 14.3. The number of halogens is 1. The van der Waals surface area contributed by atoms with E-state index in [0.29, 0.717) is 5.92 Å². The van der Waals surface area contributed by atoms with Gasteiger partial charge in [-0.2, -0.15) is 0 Å². The molecule has 1 unspecified atom stereocenters. The Kier molecular flexibility index (Phi) is 3.87. The van der Waals surface area contributed by atoms with Crippen LogP contribution in [0, 0.1) is 19.8 Å². The molecule has 108 valence electrons. The molecular weight excluding hydrogens is 290 g/mol. The predicted molar refractivity (Wildman–Crippen MR) is 87.1 cm³/mol. The third-order valence-corrected chi connectivity index (χ3v) is 5.91. The lowest BCUT2D eigenvalue weighted by Crippen LogP contribution is -2.36. The van der Waals surface area contributed by atoms with Crippen molar-refractivity contribution in [1.82, 2.24) is 9.97 Å². The summed E-state index contributed by atoms with van der Waals surface area (Å²) in [4.78, 5) is 13.8. The Hall–Kier alpha value is -0.870. The number of hydrogen-bond acceptors (Lipinski definition) is 4. The Balaban J connectivity index is 1.92. The number of thiophene rings is 1. The van der Waals surface area contributed by atoms with Gasteiger partial charge in [-0.25, -0.2) is 9.97 Å². The smallest absolute Gasteiger partial charge is 0.141 e. The van der Waals surface area contributed by atoms with Crippen molar-refractivity contribution in [2.45, 2.75) is 39.0 Å². The minimum atomic E-state index is 0.271. The summed E-state index contributed by atoms with van der Waals surface area (Å²) < 4.78 is 0. The molecule has 0 saturated carbocycles. The molecule has 2 aromatic rings. The quantitative estimate of drug-likeness (QED) is 0.780. The van der Waals surface area contributed by atoms with E-state index in [1.807, 2.05) is 0 Å². The summed E-state index contributed by atoms with van der Waals surface area (Å²) in [6.45, 7) is 8.53. The molecule has 1 fully saturated rings. The summed E-state index contributed by atoms with van der Waals surface area (Å²) in [7, 11) is 0. The summed E-state index contributed by atoms with van der Waals surface area (Å²) in [5, 5.41) is 1.51. The average molecular weight is 310 g/mol. The molecule has 0 N–H and O–H groups in total. The van der Waals surface area contributed by atoms with Crippen molar-refractivity contribution in [3.05, 3.63) is 16.8 Å². The molecule has 3 rings (SSSR count). The fourth-order valence-corrected chi connectivity index (χ4v) is 4.22. The molecule has 20 heavy (non-hydrogen) atoms. The van der Waals surface area contributed by atoms with E-state index in [1.165, 1.54) is 15.8 Å². The number of aromatic nitrogens is 2. The molecule has 1 aliphatic heterocycles. The predicted octanol–water partition coefficient (Wildman–Crippen LogP) is 4.15. The minimum absolute atomic E-state index is 0.271. The molecule has 1 saturated heterocycles. The highest BCUT2D eigenvalue weighted by atomic mass is 35.5. The first-order valence-electron chi connectivity index (χ1n) is 7.17. The molecule has 0 amide bonds. The van der Waals surface area contributed by atoms with Crippen LogP contribution in [0.15, 0.2) is 6.33 Å². The maximum absolute atomic E-state index is 6.23. The Morgan fingerprint density at radius 3 is 2.65 bits per heavy atom. The topological polar surface area (TPSA) is 29.0 Å². The van der Waals surface area contributed by atoms with Gasteiger partial charge in [-0.3, -0.25) is 0 Å². The maximum atomic E-state index is 6.23. The van der Waals surface area contributed by atoms with Crippen LogP contribution in [0.3, 0.4) is 0 Å². The lowest BCUT2D eigenvalue weighted by atomic mass is 9.94. The van der Waals surface area contributed by atoms with Crippen molar-refractivity contribution in [3.8, 4) is 0 Å². The first-order chi connectivity index (χ1) is 9.58. The van der Waals surface area contributed by atoms with Crippen LogP contribution < -0.4 is 4.90 Å². The molecule has 5 heteroatoms. The Morgan fingerprint density at radius 2 is 2.00 bits per heavy atom. The number of piperidine rings is 1. The molecule has 0 spiro atoms. The average Bonchev–Trinajstić information content (AvgIpc) is 2.74. The molecule has 0 bridgehead atoms. The van der Waals surface area contributed by atoms with Crippen LogP contribution in [-0.2, 0) is 0 Å². The Labute approximate surface area is 129 Å². The SMILES string of the molecule is Cc1sc2ncnc(N3CCC(C(C)Cl)CC3)c2c1C. The highest BCUT2D eigenvalue weighted by Gasteiger charge is 2.25. The molecule has 1 aliphatic rings. The van der Waals surface area contributed by atoms with Crippen molar-refractivity contribution in [2.75, 3.05) is 18.0 Å². The molecule has 3 heterocycles. The summed E-state index contributed by atoms with van der Waals surface area (Å²) in [6.07, 6.45) is 4.00. The molecule has 0 aliphatic carbocycles. The lowest BCUT2D eigenvalue weighted by Gasteiger charge is -2.34. The van der Waals surface area contributed by atoms with Gasteiger partial charge in [0, 0.05) is 23.3 Å². The second-order valence-corrected chi connectivity index (χ2v) is 7.55. The number of alkyl halides is 1. The minimum Gasteiger partial charge on any atom is -0.356 e. The highest BCUT2D eigenvalue weighted by Crippen LogP contribution is 2.36. The van der Waals surface area contributed by atoms with E-state index >= 15 is 0 Å². The van der Waals surface area contributed by atoms with E-state index in [-0.39, 0.29) is 5.38 Å². The van der Waals surface area contributed by atoms with Gasteiger partial charge in [0.15, 0.2) is 0 Å². The number of hydrogen-bond donors (Lipinski definition) is 0. The van der Waals surface area contributed by atoms with Crippen LogP contribution in [0.4, 0.5) is 5.82 Å². The van der Waals surface area contributed by atoms with Gasteiger partial charge in [0.2, 0.25) is 0 Å². The molecule has 2 aromatic heterocycles. The normalized spacial score (nSPS) is 18.7.